The highest BCUT2D eigenvalue weighted by molar-refractivity contribution is 9.11. The molecule has 0 unspecified atom stereocenters. The van der Waals surface area contributed by atoms with E-state index in [0.29, 0.717) is 0 Å². The second-order valence-electron chi connectivity index (χ2n) is 2.11. The molecule has 64 valence electrons. The van der Waals surface area contributed by atoms with Crippen LogP contribution in [0.15, 0.2) is 21.9 Å². The summed E-state index contributed by atoms with van der Waals surface area (Å²) in [4.78, 5) is 1.72. The first-order valence-corrected chi connectivity index (χ1v) is 7.33. The van der Waals surface area contributed by atoms with Gasteiger partial charge in [0.1, 0.15) is 0 Å². The van der Waals surface area contributed by atoms with Crippen molar-refractivity contribution in [3.8, 4) is 0 Å². The molecular formula is C6H8BrCl2OP. The molecule has 0 radical (unpaired) electrons. The Kier molecular flexibility index (Phi) is 5.04. The van der Waals surface area contributed by atoms with Gasteiger partial charge in [-0.2, -0.15) is 0 Å². The van der Waals surface area contributed by atoms with E-state index in [1.807, 2.05) is 6.92 Å². The van der Waals surface area contributed by atoms with E-state index in [0.717, 1.165) is 11.1 Å². The molecular weight excluding hydrogens is 270 g/mol. The first-order valence-electron chi connectivity index (χ1n) is 2.82. The van der Waals surface area contributed by atoms with Gasteiger partial charge in [-0.05, 0) is 52.5 Å². The summed E-state index contributed by atoms with van der Waals surface area (Å²) in [5.74, 6) is -1.70. The predicted octanol–water partition coefficient (Wildman–Crippen LogP) is 4.86. The standard InChI is InChI=1S/C6H8BrCl2OP/c1-5(3-7)6(2)4-11(8,9)10/h3-4H,1-2H3/b5-3+,6-4+. The molecule has 0 aromatic carbocycles. The summed E-state index contributed by atoms with van der Waals surface area (Å²) < 4.78 is 10.9. The zero-order valence-electron chi connectivity index (χ0n) is 6.14. The van der Waals surface area contributed by atoms with E-state index in [1.165, 1.54) is 5.82 Å². The highest BCUT2D eigenvalue weighted by atomic mass is 79.9. The maximum atomic E-state index is 10.9. The summed E-state index contributed by atoms with van der Waals surface area (Å²) in [5.41, 5.74) is 1.77. The van der Waals surface area contributed by atoms with Gasteiger partial charge in [0, 0.05) is 5.82 Å². The number of rotatable bonds is 2. The number of hydrogen-bond donors (Lipinski definition) is 0. The molecule has 0 rings (SSSR count). The van der Waals surface area contributed by atoms with Crippen LogP contribution in [0.4, 0.5) is 0 Å². The molecule has 0 amide bonds. The van der Waals surface area contributed by atoms with Crippen LogP contribution in [0.3, 0.4) is 0 Å². The van der Waals surface area contributed by atoms with E-state index in [1.54, 1.807) is 11.9 Å². The number of halogens is 3. The van der Waals surface area contributed by atoms with Crippen molar-refractivity contribution in [2.45, 2.75) is 13.8 Å². The van der Waals surface area contributed by atoms with Crippen LogP contribution >= 0.6 is 44.3 Å². The van der Waals surface area contributed by atoms with Crippen LogP contribution in [-0.4, -0.2) is 0 Å². The van der Waals surface area contributed by atoms with Crippen LogP contribution in [0.1, 0.15) is 13.8 Å². The van der Waals surface area contributed by atoms with Crippen LogP contribution in [0.5, 0.6) is 0 Å². The van der Waals surface area contributed by atoms with Crippen molar-refractivity contribution in [3.63, 3.8) is 0 Å². The van der Waals surface area contributed by atoms with Crippen molar-refractivity contribution in [1.82, 2.24) is 0 Å². The minimum absolute atomic E-state index is 0.815. The lowest BCUT2D eigenvalue weighted by atomic mass is 10.2. The Morgan fingerprint density at radius 2 is 1.82 bits per heavy atom. The Morgan fingerprint density at radius 3 is 2.09 bits per heavy atom. The molecule has 0 saturated heterocycles. The quantitative estimate of drug-likeness (QED) is 0.520. The molecule has 0 aliphatic rings. The molecule has 11 heavy (non-hydrogen) atoms. The van der Waals surface area contributed by atoms with Crippen LogP contribution in [-0.2, 0) is 4.57 Å². The van der Waals surface area contributed by atoms with Gasteiger partial charge in [-0.25, -0.2) is 0 Å². The van der Waals surface area contributed by atoms with E-state index in [2.05, 4.69) is 15.9 Å². The maximum Gasteiger partial charge on any atom is 0.275 e. The lowest BCUT2D eigenvalue weighted by Gasteiger charge is -1.99. The van der Waals surface area contributed by atoms with Crippen LogP contribution in [0.2, 0.25) is 0 Å². The Morgan fingerprint density at radius 1 is 1.36 bits per heavy atom. The summed E-state index contributed by atoms with van der Waals surface area (Å²) in [6, 6.07) is 0. The average Bonchev–Trinajstić information content (AvgIpc) is 1.82. The van der Waals surface area contributed by atoms with Gasteiger partial charge < -0.3 is 0 Å². The largest absolute Gasteiger partial charge is 0.285 e. The zero-order chi connectivity index (χ0) is 9.07. The molecule has 0 aromatic rings. The van der Waals surface area contributed by atoms with Gasteiger partial charge in [-0.15, -0.1) is 0 Å². The molecule has 0 fully saturated rings. The average molecular weight is 278 g/mol. The van der Waals surface area contributed by atoms with Crippen molar-refractivity contribution < 1.29 is 4.57 Å². The number of allylic oxidation sites excluding steroid dienone is 2. The minimum Gasteiger partial charge on any atom is -0.285 e. The molecule has 1 nitrogen and oxygen atoms in total. The zero-order valence-corrected chi connectivity index (χ0v) is 10.1. The van der Waals surface area contributed by atoms with Crippen molar-refractivity contribution in [1.29, 1.82) is 0 Å². The topological polar surface area (TPSA) is 17.1 Å². The Labute approximate surface area is 84.5 Å². The van der Waals surface area contributed by atoms with Crippen LogP contribution < -0.4 is 0 Å². The molecule has 0 saturated carbocycles. The maximum absolute atomic E-state index is 10.9. The highest BCUT2D eigenvalue weighted by Gasteiger charge is 2.09. The van der Waals surface area contributed by atoms with E-state index >= 15 is 0 Å². The van der Waals surface area contributed by atoms with Gasteiger partial charge >= 0.3 is 0 Å². The molecule has 0 spiro atoms. The van der Waals surface area contributed by atoms with E-state index in [4.69, 9.17) is 22.5 Å². The second kappa shape index (κ2) is 4.71. The van der Waals surface area contributed by atoms with E-state index < -0.39 is 5.85 Å². The smallest absolute Gasteiger partial charge is 0.275 e. The Hall–Kier alpha value is 0.770. The highest BCUT2D eigenvalue weighted by Crippen LogP contribution is 2.59. The Bertz CT molecular complexity index is 241. The van der Waals surface area contributed by atoms with E-state index in [9.17, 15) is 4.57 Å². The summed E-state index contributed by atoms with van der Waals surface area (Å²) in [5, 5.41) is 0. The Balaban J connectivity index is 4.62. The van der Waals surface area contributed by atoms with Gasteiger partial charge in [0.15, 0.2) is 0 Å². The summed E-state index contributed by atoms with van der Waals surface area (Å²) in [7, 11) is 0. The molecule has 0 aromatic heterocycles. The lowest BCUT2D eigenvalue weighted by molar-refractivity contribution is 0.597. The molecule has 0 heterocycles. The van der Waals surface area contributed by atoms with Crippen molar-refractivity contribution in [3.05, 3.63) is 21.9 Å². The molecule has 0 aliphatic heterocycles. The lowest BCUT2D eigenvalue weighted by Crippen LogP contribution is -1.74. The van der Waals surface area contributed by atoms with Crippen molar-refractivity contribution >= 4 is 44.3 Å². The minimum atomic E-state index is -3.07. The molecule has 0 bridgehead atoms. The summed E-state index contributed by atoms with van der Waals surface area (Å²) in [6.45, 7) is 3.66. The molecule has 5 heteroatoms. The fraction of sp³-hybridized carbons (Fsp3) is 0.333. The predicted molar refractivity (Wildman–Crippen MR) is 55.8 cm³/mol. The van der Waals surface area contributed by atoms with Gasteiger partial charge in [0.2, 0.25) is 0 Å². The van der Waals surface area contributed by atoms with Gasteiger partial charge in [-0.3, -0.25) is 4.57 Å². The van der Waals surface area contributed by atoms with Gasteiger partial charge in [0.25, 0.3) is 5.85 Å². The van der Waals surface area contributed by atoms with E-state index in [-0.39, 0.29) is 0 Å². The molecule has 0 aliphatic carbocycles. The molecule has 0 atom stereocenters. The third-order valence-corrected chi connectivity index (χ3v) is 3.09. The third kappa shape index (κ3) is 5.98. The number of hydrogen-bond acceptors (Lipinski definition) is 1. The first kappa shape index (κ1) is 11.8. The fourth-order valence-corrected chi connectivity index (χ4v) is 2.31. The monoisotopic (exact) mass is 276 g/mol. The van der Waals surface area contributed by atoms with Crippen molar-refractivity contribution in [2.24, 2.45) is 0 Å². The SMILES string of the molecule is CC(=C\Br)/C(C)=C/P(=O)(Cl)Cl. The third-order valence-electron chi connectivity index (χ3n) is 1.13. The first-order chi connectivity index (χ1) is 4.87. The summed E-state index contributed by atoms with van der Waals surface area (Å²) >= 11 is 13.8. The van der Waals surface area contributed by atoms with Gasteiger partial charge in [0.05, 0.1) is 0 Å². The fourth-order valence-electron chi connectivity index (χ4n) is 0.413. The van der Waals surface area contributed by atoms with Gasteiger partial charge in [-0.1, -0.05) is 15.9 Å². The van der Waals surface area contributed by atoms with Crippen LogP contribution in [0.25, 0.3) is 0 Å². The normalized spacial score (nSPS) is 15.4. The van der Waals surface area contributed by atoms with Crippen LogP contribution in [0, 0.1) is 0 Å². The summed E-state index contributed by atoms with van der Waals surface area (Å²) in [6.07, 6.45) is 0. The second-order valence-corrected chi connectivity index (χ2v) is 7.36. The van der Waals surface area contributed by atoms with Crippen molar-refractivity contribution in [2.75, 3.05) is 0 Å². The molecule has 0 N–H and O–H groups in total.